The Kier molecular flexibility index (Phi) is 9.00. The normalized spacial score (nSPS) is 22.5. The van der Waals surface area contributed by atoms with E-state index in [1.807, 2.05) is 0 Å². The van der Waals surface area contributed by atoms with Crippen molar-refractivity contribution in [3.8, 4) is 0 Å². The number of nitrogens with zero attached hydrogens (tertiary/aromatic N) is 3. The van der Waals surface area contributed by atoms with Crippen molar-refractivity contribution in [3.05, 3.63) is 0 Å². The second-order valence-electron chi connectivity index (χ2n) is 9.44. The Labute approximate surface area is 199 Å². The molecule has 2 unspecified atom stereocenters. The van der Waals surface area contributed by atoms with E-state index in [4.69, 9.17) is 0 Å². The Morgan fingerprint density at radius 1 is 1.06 bits per heavy atom. The largest absolute Gasteiger partial charge is 0.358 e. The average molecular weight is 478 g/mol. The Bertz CT molecular complexity index is 812. The minimum Gasteiger partial charge on any atom is -0.344 e. The zero-order chi connectivity index (χ0) is 24.7. The summed E-state index contributed by atoms with van der Waals surface area (Å²) in [5, 5.41) is 5.96. The number of hydrogen-bond acceptors (Lipinski definition) is 6. The SMILES string of the molecule is CC(=O)CC(C=O)NC(=O)C1CCCN2C(=O)CCN(NC(=O)CCC3CCCCC3)C(=O)N12. The predicted octanol–water partition coefficient (Wildman–Crippen LogP) is 1.07. The summed E-state index contributed by atoms with van der Waals surface area (Å²) in [4.78, 5) is 74.3. The van der Waals surface area contributed by atoms with E-state index in [0.717, 1.165) is 29.3 Å². The van der Waals surface area contributed by atoms with Gasteiger partial charge in [-0.25, -0.2) is 19.8 Å². The Morgan fingerprint density at radius 2 is 1.79 bits per heavy atom. The van der Waals surface area contributed by atoms with Crippen LogP contribution in [0.1, 0.15) is 77.6 Å². The van der Waals surface area contributed by atoms with E-state index < -0.39 is 24.0 Å². The molecule has 0 bridgehead atoms. The second kappa shape index (κ2) is 11.9. The predicted molar refractivity (Wildman–Crippen MR) is 121 cm³/mol. The molecule has 2 saturated heterocycles. The highest BCUT2D eigenvalue weighted by Gasteiger charge is 2.44. The summed E-state index contributed by atoms with van der Waals surface area (Å²) in [6.07, 6.45) is 8.04. The summed E-state index contributed by atoms with van der Waals surface area (Å²) in [7, 11) is 0. The van der Waals surface area contributed by atoms with Gasteiger partial charge in [0.15, 0.2) is 0 Å². The molecule has 0 radical (unpaired) electrons. The summed E-state index contributed by atoms with van der Waals surface area (Å²) < 4.78 is 0. The Balaban J connectivity index is 1.67. The van der Waals surface area contributed by atoms with Gasteiger partial charge in [0.1, 0.15) is 18.1 Å². The van der Waals surface area contributed by atoms with E-state index in [-0.39, 0.29) is 49.9 Å². The quantitative estimate of drug-likeness (QED) is 0.477. The molecule has 5 amide bonds. The lowest BCUT2D eigenvalue weighted by atomic mass is 9.86. The van der Waals surface area contributed by atoms with Crippen LogP contribution in [-0.2, 0) is 24.0 Å². The van der Waals surface area contributed by atoms with Gasteiger partial charge in [0.05, 0.1) is 12.6 Å². The van der Waals surface area contributed by atoms with E-state index >= 15 is 0 Å². The van der Waals surface area contributed by atoms with Crippen molar-refractivity contribution in [2.24, 2.45) is 5.92 Å². The van der Waals surface area contributed by atoms with Gasteiger partial charge in [0.25, 0.3) is 0 Å². The highest BCUT2D eigenvalue weighted by molar-refractivity contribution is 5.93. The first-order chi connectivity index (χ1) is 16.3. The van der Waals surface area contributed by atoms with Crippen LogP contribution in [-0.4, -0.2) is 76.0 Å². The van der Waals surface area contributed by atoms with Crippen molar-refractivity contribution < 1.29 is 28.8 Å². The zero-order valence-corrected chi connectivity index (χ0v) is 19.8. The molecule has 2 atom stereocenters. The molecule has 3 fully saturated rings. The number of fused-ring (bicyclic) bond motifs is 1. The molecule has 1 aliphatic carbocycles. The topological polar surface area (TPSA) is 136 Å². The van der Waals surface area contributed by atoms with Crippen LogP contribution in [0.4, 0.5) is 4.79 Å². The van der Waals surface area contributed by atoms with Crippen LogP contribution in [0.25, 0.3) is 0 Å². The van der Waals surface area contributed by atoms with Crippen molar-refractivity contribution in [1.29, 1.82) is 0 Å². The Hall–Kier alpha value is -2.98. The molecule has 11 heteroatoms. The summed E-state index contributed by atoms with van der Waals surface area (Å²) in [5.74, 6) is -0.964. The number of urea groups is 1. The van der Waals surface area contributed by atoms with E-state index in [1.165, 1.54) is 31.2 Å². The number of Topliss-reactive ketones (excluding diaryl/α,β-unsaturated/α-hetero) is 1. The van der Waals surface area contributed by atoms with Gasteiger partial charge in [0, 0.05) is 25.8 Å². The zero-order valence-electron chi connectivity index (χ0n) is 19.8. The van der Waals surface area contributed by atoms with Crippen LogP contribution in [0.5, 0.6) is 0 Å². The molecule has 188 valence electrons. The van der Waals surface area contributed by atoms with Gasteiger partial charge in [-0.2, -0.15) is 0 Å². The monoisotopic (exact) mass is 477 g/mol. The highest BCUT2D eigenvalue weighted by Crippen LogP contribution is 2.27. The van der Waals surface area contributed by atoms with Gasteiger partial charge in [0.2, 0.25) is 17.7 Å². The number of rotatable bonds is 9. The first-order valence-corrected chi connectivity index (χ1v) is 12.3. The molecule has 0 spiro atoms. The molecule has 0 aromatic heterocycles. The minimum absolute atomic E-state index is 0.00940. The summed E-state index contributed by atoms with van der Waals surface area (Å²) in [5.41, 5.74) is 2.63. The summed E-state index contributed by atoms with van der Waals surface area (Å²) >= 11 is 0. The lowest BCUT2D eigenvalue weighted by Gasteiger charge is -2.43. The molecule has 3 aliphatic rings. The van der Waals surface area contributed by atoms with Gasteiger partial charge in [-0.05, 0) is 32.1 Å². The standard InChI is InChI=1S/C23H35N5O6/c1-16(30)14-18(15-29)24-22(33)19-8-5-12-27-21(32)11-13-26(23(34)28(19)27)25-20(31)10-9-17-6-3-2-4-7-17/h15,17-19H,2-14H2,1H3,(H,24,33)(H,25,31). The maximum Gasteiger partial charge on any atom is 0.358 e. The maximum atomic E-state index is 13.4. The second-order valence-corrected chi connectivity index (χ2v) is 9.44. The number of carbonyl (C=O) groups is 6. The van der Waals surface area contributed by atoms with Gasteiger partial charge >= 0.3 is 6.03 Å². The minimum atomic E-state index is -1.03. The third-order valence-electron chi connectivity index (χ3n) is 6.73. The van der Waals surface area contributed by atoms with Crippen LogP contribution in [0.15, 0.2) is 0 Å². The molecular formula is C23H35N5O6. The number of amides is 5. The van der Waals surface area contributed by atoms with Gasteiger partial charge in [-0.15, -0.1) is 0 Å². The molecule has 11 nitrogen and oxygen atoms in total. The first-order valence-electron chi connectivity index (χ1n) is 12.3. The molecule has 2 heterocycles. The number of carbonyl (C=O) groups excluding carboxylic acids is 6. The van der Waals surface area contributed by atoms with Crippen LogP contribution >= 0.6 is 0 Å². The smallest absolute Gasteiger partial charge is 0.344 e. The molecule has 0 aromatic rings. The molecule has 0 aromatic carbocycles. The summed E-state index contributed by atoms with van der Waals surface area (Å²) in [6, 6.07) is -2.70. The number of hydrazine groups is 2. The van der Waals surface area contributed by atoms with Crippen molar-refractivity contribution in [2.45, 2.75) is 89.6 Å². The number of ketones is 1. The molecule has 1 saturated carbocycles. The van der Waals surface area contributed by atoms with E-state index in [0.29, 0.717) is 25.0 Å². The molecule has 2 N–H and O–H groups in total. The third kappa shape index (κ3) is 6.54. The highest BCUT2D eigenvalue weighted by atomic mass is 16.2. The molecule has 3 rings (SSSR count). The van der Waals surface area contributed by atoms with Crippen LogP contribution < -0.4 is 10.7 Å². The fourth-order valence-corrected chi connectivity index (χ4v) is 4.96. The van der Waals surface area contributed by atoms with Crippen LogP contribution in [0, 0.1) is 5.92 Å². The molecule has 2 aliphatic heterocycles. The maximum absolute atomic E-state index is 13.4. The fraction of sp³-hybridized carbons (Fsp3) is 0.739. The lowest BCUT2D eigenvalue weighted by Crippen LogP contribution is -2.64. The third-order valence-corrected chi connectivity index (χ3v) is 6.73. The van der Waals surface area contributed by atoms with E-state index in [1.54, 1.807) is 0 Å². The van der Waals surface area contributed by atoms with Crippen molar-refractivity contribution in [1.82, 2.24) is 25.8 Å². The fourth-order valence-electron chi connectivity index (χ4n) is 4.96. The van der Waals surface area contributed by atoms with Gasteiger partial charge in [-0.3, -0.25) is 24.6 Å². The summed E-state index contributed by atoms with van der Waals surface area (Å²) in [6.45, 7) is 1.61. The Morgan fingerprint density at radius 3 is 2.47 bits per heavy atom. The molecule has 34 heavy (non-hydrogen) atoms. The van der Waals surface area contributed by atoms with E-state index in [2.05, 4.69) is 10.7 Å². The number of nitrogens with one attached hydrogen (secondary N) is 2. The van der Waals surface area contributed by atoms with Crippen molar-refractivity contribution in [3.63, 3.8) is 0 Å². The van der Waals surface area contributed by atoms with Crippen LogP contribution in [0.3, 0.4) is 0 Å². The van der Waals surface area contributed by atoms with Gasteiger partial charge in [-0.1, -0.05) is 32.1 Å². The number of hydrogen-bond donors (Lipinski definition) is 2. The molecular weight excluding hydrogens is 442 g/mol. The van der Waals surface area contributed by atoms with Crippen molar-refractivity contribution >= 4 is 35.8 Å². The van der Waals surface area contributed by atoms with E-state index in [9.17, 15) is 28.8 Å². The first kappa shape index (κ1) is 25.6. The van der Waals surface area contributed by atoms with Crippen LogP contribution in [0.2, 0.25) is 0 Å². The van der Waals surface area contributed by atoms with Crippen molar-refractivity contribution in [2.75, 3.05) is 13.1 Å². The number of aldehydes is 1. The lowest BCUT2D eigenvalue weighted by molar-refractivity contribution is -0.155. The average Bonchev–Trinajstić information content (AvgIpc) is 2.94. The van der Waals surface area contributed by atoms with Gasteiger partial charge < -0.3 is 10.1 Å².